The second kappa shape index (κ2) is 5.86. The van der Waals surface area contributed by atoms with E-state index in [0.29, 0.717) is 6.04 Å². The van der Waals surface area contributed by atoms with E-state index >= 15 is 0 Å². The number of hydrogen-bond donors (Lipinski definition) is 1. The number of benzene rings is 1. The number of thioether (sulfide) groups is 1. The zero-order chi connectivity index (χ0) is 13.1. The largest absolute Gasteiger partial charge is 0.374 e. The van der Waals surface area contributed by atoms with Gasteiger partial charge in [-0.15, -0.1) is 0 Å². The van der Waals surface area contributed by atoms with Crippen molar-refractivity contribution in [3.63, 3.8) is 0 Å². The van der Waals surface area contributed by atoms with Crippen LogP contribution in [0, 0.1) is 6.92 Å². The van der Waals surface area contributed by atoms with E-state index in [1.807, 2.05) is 11.8 Å². The fourth-order valence-electron chi connectivity index (χ4n) is 3.15. The minimum absolute atomic E-state index is 0.188. The van der Waals surface area contributed by atoms with E-state index in [9.17, 15) is 0 Å². The highest BCUT2D eigenvalue weighted by Crippen LogP contribution is 2.38. The van der Waals surface area contributed by atoms with Gasteiger partial charge >= 0.3 is 0 Å². The van der Waals surface area contributed by atoms with Crippen LogP contribution in [0.25, 0.3) is 0 Å². The molecule has 0 aromatic heterocycles. The van der Waals surface area contributed by atoms with E-state index in [1.165, 1.54) is 35.5 Å². The van der Waals surface area contributed by atoms with Crippen LogP contribution < -0.4 is 5.32 Å². The molecule has 0 bridgehead atoms. The van der Waals surface area contributed by atoms with E-state index in [2.05, 4.69) is 36.5 Å². The molecule has 1 spiro atoms. The molecule has 104 valence electrons. The number of aryl methyl sites for hydroxylation is 1. The van der Waals surface area contributed by atoms with E-state index < -0.39 is 0 Å². The van der Waals surface area contributed by atoms with Gasteiger partial charge in [0.05, 0.1) is 5.60 Å². The smallest absolute Gasteiger partial charge is 0.0795 e. The lowest BCUT2D eigenvalue weighted by Gasteiger charge is -2.38. The van der Waals surface area contributed by atoms with Gasteiger partial charge in [0.15, 0.2) is 0 Å². The summed E-state index contributed by atoms with van der Waals surface area (Å²) in [7, 11) is 0. The Labute approximate surface area is 120 Å². The van der Waals surface area contributed by atoms with Crippen LogP contribution in [0.5, 0.6) is 0 Å². The third-order valence-corrected chi connectivity index (χ3v) is 5.46. The molecule has 3 heteroatoms. The fourth-order valence-corrected chi connectivity index (χ4v) is 4.53. The molecular weight excluding hydrogens is 254 g/mol. The standard InChI is InChI=1S/C16H23NOS/c1-13-3-2-4-14(9-13)11-17-15-5-7-18-16(10-15)6-8-19-12-16/h2-4,9,15,17H,5-8,10-12H2,1H3. The average Bonchev–Trinajstić information content (AvgIpc) is 2.85. The van der Waals surface area contributed by atoms with Crippen molar-refractivity contribution in [2.24, 2.45) is 0 Å². The van der Waals surface area contributed by atoms with E-state index in [4.69, 9.17) is 4.74 Å². The van der Waals surface area contributed by atoms with Crippen LogP contribution in [-0.2, 0) is 11.3 Å². The van der Waals surface area contributed by atoms with Crippen molar-refractivity contribution in [2.45, 2.75) is 44.4 Å². The summed E-state index contributed by atoms with van der Waals surface area (Å²) in [5.74, 6) is 2.46. The predicted molar refractivity (Wildman–Crippen MR) is 81.7 cm³/mol. The molecule has 1 aromatic rings. The molecule has 19 heavy (non-hydrogen) atoms. The Morgan fingerprint density at radius 1 is 1.47 bits per heavy atom. The number of nitrogens with one attached hydrogen (secondary N) is 1. The fraction of sp³-hybridized carbons (Fsp3) is 0.625. The molecule has 0 aliphatic carbocycles. The molecule has 2 aliphatic rings. The van der Waals surface area contributed by atoms with E-state index in [0.717, 1.165) is 19.6 Å². The molecule has 2 atom stereocenters. The second-order valence-electron chi connectivity index (χ2n) is 5.89. The van der Waals surface area contributed by atoms with E-state index in [-0.39, 0.29) is 5.60 Å². The van der Waals surface area contributed by atoms with Crippen LogP contribution in [-0.4, -0.2) is 29.8 Å². The van der Waals surface area contributed by atoms with Gasteiger partial charge in [-0.3, -0.25) is 0 Å². The Hall–Kier alpha value is -0.510. The van der Waals surface area contributed by atoms with Gasteiger partial charge in [-0.1, -0.05) is 29.8 Å². The lowest BCUT2D eigenvalue weighted by atomic mass is 9.90. The maximum atomic E-state index is 6.07. The van der Waals surface area contributed by atoms with Gasteiger partial charge in [0.1, 0.15) is 0 Å². The molecule has 2 nitrogen and oxygen atoms in total. The normalized spacial score (nSPS) is 30.9. The lowest BCUT2D eigenvalue weighted by Crippen LogP contribution is -2.47. The van der Waals surface area contributed by atoms with E-state index in [1.54, 1.807) is 0 Å². The Balaban J connectivity index is 1.55. The average molecular weight is 277 g/mol. The van der Waals surface area contributed by atoms with Gasteiger partial charge < -0.3 is 10.1 Å². The van der Waals surface area contributed by atoms with Gasteiger partial charge in [0.25, 0.3) is 0 Å². The molecule has 1 aromatic carbocycles. The summed E-state index contributed by atoms with van der Waals surface area (Å²) < 4.78 is 6.07. The van der Waals surface area contributed by atoms with Crippen molar-refractivity contribution in [3.8, 4) is 0 Å². The topological polar surface area (TPSA) is 21.3 Å². The van der Waals surface area contributed by atoms with Crippen molar-refractivity contribution < 1.29 is 4.74 Å². The zero-order valence-electron chi connectivity index (χ0n) is 11.7. The Kier molecular flexibility index (Phi) is 4.15. The minimum Gasteiger partial charge on any atom is -0.374 e. The summed E-state index contributed by atoms with van der Waals surface area (Å²) in [5, 5.41) is 3.73. The molecule has 2 saturated heterocycles. The highest BCUT2D eigenvalue weighted by Gasteiger charge is 2.40. The zero-order valence-corrected chi connectivity index (χ0v) is 12.5. The monoisotopic (exact) mass is 277 g/mol. The van der Waals surface area contributed by atoms with Crippen molar-refractivity contribution in [1.29, 1.82) is 0 Å². The van der Waals surface area contributed by atoms with Crippen LogP contribution in [0.3, 0.4) is 0 Å². The number of rotatable bonds is 3. The third kappa shape index (κ3) is 3.33. The Morgan fingerprint density at radius 3 is 3.21 bits per heavy atom. The van der Waals surface area contributed by atoms with Crippen molar-refractivity contribution in [2.75, 3.05) is 18.1 Å². The van der Waals surface area contributed by atoms with Crippen molar-refractivity contribution >= 4 is 11.8 Å². The van der Waals surface area contributed by atoms with Crippen molar-refractivity contribution in [1.82, 2.24) is 5.32 Å². The number of ether oxygens (including phenoxy) is 1. The summed E-state index contributed by atoms with van der Waals surface area (Å²) in [5.41, 5.74) is 2.92. The van der Waals surface area contributed by atoms with Crippen LogP contribution >= 0.6 is 11.8 Å². The predicted octanol–water partition coefficient (Wildman–Crippen LogP) is 3.14. The maximum absolute atomic E-state index is 6.07. The highest BCUT2D eigenvalue weighted by atomic mass is 32.2. The molecule has 1 N–H and O–H groups in total. The first kappa shape index (κ1) is 13.5. The van der Waals surface area contributed by atoms with Crippen molar-refractivity contribution in [3.05, 3.63) is 35.4 Å². The molecule has 3 rings (SSSR count). The van der Waals surface area contributed by atoms with Crippen LogP contribution in [0.15, 0.2) is 24.3 Å². The molecule has 0 radical (unpaired) electrons. The highest BCUT2D eigenvalue weighted by molar-refractivity contribution is 7.99. The second-order valence-corrected chi connectivity index (χ2v) is 7.00. The number of hydrogen-bond acceptors (Lipinski definition) is 3. The first-order chi connectivity index (χ1) is 9.26. The summed E-state index contributed by atoms with van der Waals surface area (Å²) in [4.78, 5) is 0. The first-order valence-corrected chi connectivity index (χ1v) is 8.42. The maximum Gasteiger partial charge on any atom is 0.0795 e. The van der Waals surface area contributed by atoms with Gasteiger partial charge in [0, 0.05) is 24.9 Å². The summed E-state index contributed by atoms with van der Waals surface area (Å²) in [6, 6.07) is 9.40. The van der Waals surface area contributed by atoms with Crippen LogP contribution in [0.1, 0.15) is 30.4 Å². The summed E-state index contributed by atoms with van der Waals surface area (Å²) in [6.07, 6.45) is 3.57. The molecule has 0 amide bonds. The SMILES string of the molecule is Cc1cccc(CNC2CCOC3(CCSC3)C2)c1. The Bertz CT molecular complexity index is 429. The third-order valence-electron chi connectivity index (χ3n) is 4.24. The van der Waals surface area contributed by atoms with Gasteiger partial charge in [-0.25, -0.2) is 0 Å². The molecular formula is C16H23NOS. The molecule has 2 fully saturated rings. The van der Waals surface area contributed by atoms with Gasteiger partial charge in [0.2, 0.25) is 0 Å². The van der Waals surface area contributed by atoms with Crippen LogP contribution in [0.2, 0.25) is 0 Å². The first-order valence-electron chi connectivity index (χ1n) is 7.26. The summed E-state index contributed by atoms with van der Waals surface area (Å²) >= 11 is 2.05. The van der Waals surface area contributed by atoms with Gasteiger partial charge in [-0.05, 0) is 37.5 Å². The van der Waals surface area contributed by atoms with Gasteiger partial charge in [-0.2, -0.15) is 11.8 Å². The summed E-state index contributed by atoms with van der Waals surface area (Å²) in [6.45, 7) is 4.06. The quantitative estimate of drug-likeness (QED) is 0.917. The van der Waals surface area contributed by atoms with Crippen LogP contribution in [0.4, 0.5) is 0 Å². The lowest BCUT2D eigenvalue weighted by molar-refractivity contribution is -0.0703. The minimum atomic E-state index is 0.188. The molecule has 2 unspecified atom stereocenters. The Morgan fingerprint density at radius 2 is 2.42 bits per heavy atom. The molecule has 0 saturated carbocycles. The molecule has 2 aliphatic heterocycles. The molecule has 2 heterocycles.